The van der Waals surface area contributed by atoms with Gasteiger partial charge in [0.25, 0.3) is 0 Å². The van der Waals surface area contributed by atoms with Crippen molar-refractivity contribution in [2.75, 3.05) is 19.8 Å². The molecule has 0 aromatic heterocycles. The minimum Gasteiger partial charge on any atom is -0.465 e. The van der Waals surface area contributed by atoms with E-state index in [9.17, 15) is 47.9 Å². The highest BCUT2D eigenvalue weighted by Gasteiger charge is 2.69. The molecule has 0 spiro atoms. The molecular weight excluding hydrogens is 1650 g/mol. The van der Waals surface area contributed by atoms with Crippen LogP contribution in [0, 0.1) is 145 Å². The van der Waals surface area contributed by atoms with Crippen molar-refractivity contribution in [3.63, 3.8) is 0 Å². The van der Waals surface area contributed by atoms with E-state index in [2.05, 4.69) is 34.6 Å². The van der Waals surface area contributed by atoms with Gasteiger partial charge in [0.1, 0.15) is 28.0 Å². The van der Waals surface area contributed by atoms with Gasteiger partial charge in [-0.05, 0) is 429 Å². The molecule has 0 N–H and O–H groups in total. The van der Waals surface area contributed by atoms with Crippen LogP contribution in [0.4, 0.5) is 0 Å². The second-order valence-electron chi connectivity index (χ2n) is 45.9. The molecule has 11 atom stereocenters. The predicted molar refractivity (Wildman–Crippen MR) is 517 cm³/mol. The van der Waals surface area contributed by atoms with Gasteiger partial charge in [-0.25, -0.2) is 19.2 Å². The topological polar surface area (TPSA) is 263 Å². The summed E-state index contributed by atoms with van der Waals surface area (Å²) in [5.74, 6) is 10.9. The third-order valence-corrected chi connectivity index (χ3v) is 35.9. The van der Waals surface area contributed by atoms with E-state index < -0.39 is 56.3 Å². The van der Waals surface area contributed by atoms with Crippen LogP contribution >= 0.6 is 0 Å². The molecule has 756 valence electrons. The van der Waals surface area contributed by atoms with Crippen LogP contribution in [0.2, 0.25) is 0 Å². The molecule has 0 heterocycles. The Morgan fingerprint density at radius 1 is 0.321 bits per heavy atom. The predicted octanol–water partition coefficient (Wildman–Crippen LogP) is 26.1. The number of carbonyl (C=O) groups excluding carboxylic acids is 10. The first-order valence-corrected chi connectivity index (χ1v) is 53.6. The van der Waals surface area contributed by atoms with E-state index in [1.165, 1.54) is 135 Å². The lowest BCUT2D eigenvalue weighted by Crippen LogP contribution is -2.59. The average Bonchev–Trinajstić information content (AvgIpc) is 1.54. The van der Waals surface area contributed by atoms with Crippen LogP contribution in [0.15, 0.2) is 0 Å². The van der Waals surface area contributed by atoms with Gasteiger partial charge in [-0.2, -0.15) is 0 Å². The van der Waals surface area contributed by atoms with E-state index in [4.69, 9.17) is 47.4 Å². The van der Waals surface area contributed by atoms with Crippen molar-refractivity contribution in [1.29, 1.82) is 0 Å². The van der Waals surface area contributed by atoms with E-state index in [0.29, 0.717) is 98.4 Å². The van der Waals surface area contributed by atoms with Crippen LogP contribution in [0.5, 0.6) is 0 Å². The first-order chi connectivity index (χ1) is 61.5. The molecule has 0 aromatic carbocycles. The summed E-state index contributed by atoms with van der Waals surface area (Å²) in [7, 11) is 0. The SMILES string of the molecule is CC.CC.CC.CC.CC.CCC(C)(C)C(=O)OC(C)(C)C(=O)OC1(C)C2CC3CC(C2)CC1C3.CCC(C)(C)C(=O)OC(C)C(=O)OC1(C)C2CC3CC(C2)CC1C3.CCC(C)(C)C(=O)OCC(=O)OC1(CC)CC2CC1C1C3CCC(C3)C21.CCC(C)(C)C(=O)OCC(=O)OC1(CC)CC2CCC1C2.CCC(C)(C)C(=O)OCCCC(=O)OC1(C)C2CC3CC(C2)CC1C3. The Balaban J connectivity index is 0.000000246. The summed E-state index contributed by atoms with van der Waals surface area (Å²) in [4.78, 5) is 123. The number of hydrogen-bond acceptors (Lipinski definition) is 20. The summed E-state index contributed by atoms with van der Waals surface area (Å²) in [6, 6.07) is 0. The average molecular weight is 1850 g/mol. The molecular formula is C111H192O20. The van der Waals surface area contributed by atoms with Gasteiger partial charge >= 0.3 is 59.7 Å². The minimum atomic E-state index is -1.25. The summed E-state index contributed by atoms with van der Waals surface area (Å²) in [6.45, 7) is 63.6. The maximum Gasteiger partial charge on any atom is 0.350 e. The van der Waals surface area contributed by atoms with Crippen LogP contribution in [-0.4, -0.2) is 119 Å². The smallest absolute Gasteiger partial charge is 0.350 e. The van der Waals surface area contributed by atoms with Crippen LogP contribution in [0.3, 0.4) is 0 Å². The lowest BCUT2D eigenvalue weighted by Gasteiger charge is -2.59. The Kier molecular flexibility index (Phi) is 41.8. The van der Waals surface area contributed by atoms with Crippen molar-refractivity contribution in [3.8, 4) is 0 Å². The van der Waals surface area contributed by atoms with Crippen LogP contribution in [0.25, 0.3) is 0 Å². The second kappa shape index (κ2) is 47.8. The van der Waals surface area contributed by atoms with Gasteiger partial charge in [-0.3, -0.25) is 28.8 Å². The van der Waals surface area contributed by atoms with Crippen LogP contribution < -0.4 is 0 Å². The monoisotopic (exact) mass is 1850 g/mol. The summed E-state index contributed by atoms with van der Waals surface area (Å²) >= 11 is 0. The highest BCUT2D eigenvalue weighted by molar-refractivity contribution is 5.85. The third kappa shape index (κ3) is 26.4. The van der Waals surface area contributed by atoms with E-state index in [1.54, 1.807) is 20.8 Å². The van der Waals surface area contributed by atoms with Crippen molar-refractivity contribution in [1.82, 2.24) is 0 Å². The highest BCUT2D eigenvalue weighted by atomic mass is 16.6. The zero-order valence-corrected chi connectivity index (χ0v) is 89.2. The van der Waals surface area contributed by atoms with Gasteiger partial charge in [0.15, 0.2) is 19.3 Å². The molecule has 0 saturated heterocycles. The number of esters is 10. The quantitative estimate of drug-likeness (QED) is 0.0291. The first kappa shape index (κ1) is 114. The molecule has 18 bridgehead atoms. The molecule has 11 unspecified atom stereocenters. The van der Waals surface area contributed by atoms with Crippen molar-refractivity contribution >= 4 is 59.7 Å². The van der Waals surface area contributed by atoms with E-state index in [1.807, 2.05) is 173 Å². The Hall–Kier alpha value is -5.30. The summed E-state index contributed by atoms with van der Waals surface area (Å²) in [6.07, 6.45) is 34.9. The fourth-order valence-corrected chi connectivity index (χ4v) is 26.3. The van der Waals surface area contributed by atoms with Crippen molar-refractivity contribution in [2.45, 2.75) is 480 Å². The maximum absolute atomic E-state index is 12.9. The molecule has 20 nitrogen and oxygen atoms in total. The summed E-state index contributed by atoms with van der Waals surface area (Å²) < 4.78 is 56.7. The lowest BCUT2D eigenvalue weighted by atomic mass is 9.50. The van der Waals surface area contributed by atoms with E-state index in [-0.39, 0.29) is 83.4 Å². The molecule has 18 aliphatic carbocycles. The molecule has 18 fully saturated rings. The number of ether oxygens (including phenoxy) is 10. The highest BCUT2D eigenvalue weighted by Crippen LogP contribution is 2.71. The molecule has 0 amide bonds. The van der Waals surface area contributed by atoms with Gasteiger partial charge in [0.2, 0.25) is 5.60 Å². The van der Waals surface area contributed by atoms with Crippen LogP contribution in [-0.2, 0) is 95.3 Å². The second-order valence-corrected chi connectivity index (χ2v) is 45.9. The fourth-order valence-electron chi connectivity index (χ4n) is 26.3. The van der Waals surface area contributed by atoms with E-state index >= 15 is 0 Å². The number of fused-ring (bicyclic) bond motifs is 11. The Labute approximate surface area is 796 Å². The minimum absolute atomic E-state index is 0.124. The third-order valence-electron chi connectivity index (χ3n) is 35.9. The van der Waals surface area contributed by atoms with Crippen molar-refractivity contribution in [2.24, 2.45) is 145 Å². The van der Waals surface area contributed by atoms with Gasteiger partial charge in [0.05, 0.1) is 33.7 Å². The number of carbonyl (C=O) groups is 10. The van der Waals surface area contributed by atoms with Gasteiger partial charge in [-0.1, -0.05) is 118 Å². The number of hydrogen-bond donors (Lipinski definition) is 0. The van der Waals surface area contributed by atoms with E-state index in [0.717, 1.165) is 104 Å². The molecule has 18 rings (SSSR count). The zero-order chi connectivity index (χ0) is 98.9. The lowest BCUT2D eigenvalue weighted by molar-refractivity contribution is -0.221. The summed E-state index contributed by atoms with van der Waals surface area (Å²) in [5.41, 5.74) is -5.58. The number of rotatable bonds is 29. The maximum atomic E-state index is 12.9. The van der Waals surface area contributed by atoms with Gasteiger partial charge in [0, 0.05) is 12.3 Å². The van der Waals surface area contributed by atoms with Crippen molar-refractivity contribution in [3.05, 3.63) is 0 Å². The van der Waals surface area contributed by atoms with Crippen molar-refractivity contribution < 1.29 is 95.3 Å². The zero-order valence-electron chi connectivity index (χ0n) is 89.2. The normalized spacial score (nSPS) is 34.8. The molecule has 131 heavy (non-hydrogen) atoms. The molecule has 0 aromatic rings. The molecule has 18 aliphatic rings. The standard InChI is InChI=1S/C22H34O4.2C21H34O4.C20H32O4.C17H28O4.5C2H6/c1-5-21(3,4)20(24)25-12-17(23)26-22(6-2)11-15-10-16(22)19-14-8-7-13(9-14)18(15)19;1-7-19(2,3)17(22)24-20(4,5)18(23)25-21(6)15-9-13-8-14(11-15)12-16(21)10-13;1-5-20(2,3)19(23)24-8-6-7-18(22)25-21(4)16-10-14-9-15(12-16)13-17(21)11-14;1-6-19(3,4)18(22)23-12(2)17(21)24-20(5)15-8-13-7-14(10-15)11-16(20)9-13;1-5-16(3,4)15(19)20-11-14(18)21-17(6-2)10-12-7-8-13(17)9-12;5*1-2/h13-16,18-19H,5-12H2,1-4H3;13-16H,7-12H2,1-6H3;14-17H,5-13H2,1-4H3;12-16H,6-11H2,1-5H3;12-13H,5-11H2,1-4H3;5*1-2H3. The largest absolute Gasteiger partial charge is 0.465 e. The van der Waals surface area contributed by atoms with Crippen LogP contribution in [0.1, 0.15) is 440 Å². The van der Waals surface area contributed by atoms with Gasteiger partial charge < -0.3 is 47.4 Å². The first-order valence-electron chi connectivity index (χ1n) is 53.6. The molecule has 18 saturated carbocycles. The Morgan fingerprint density at radius 2 is 0.664 bits per heavy atom. The van der Waals surface area contributed by atoms with Gasteiger partial charge in [-0.15, -0.1) is 0 Å². The molecule has 0 radical (unpaired) electrons. The Bertz CT molecular complexity index is 3620. The Morgan fingerprint density at radius 3 is 1.03 bits per heavy atom. The fraction of sp³-hybridized carbons (Fsp3) is 0.910. The molecule has 20 heteroatoms. The summed E-state index contributed by atoms with van der Waals surface area (Å²) in [5, 5.41) is 0. The molecule has 0 aliphatic heterocycles.